The van der Waals surface area contributed by atoms with E-state index in [1.54, 1.807) is 4.90 Å². The van der Waals surface area contributed by atoms with E-state index < -0.39 is 103 Å². The van der Waals surface area contributed by atoms with Crippen LogP contribution in [0.5, 0.6) is 48.1 Å². The van der Waals surface area contributed by atoms with Crippen molar-refractivity contribution in [1.29, 1.82) is 0 Å². The lowest BCUT2D eigenvalue weighted by molar-refractivity contribution is -0.255. The van der Waals surface area contributed by atoms with Crippen molar-refractivity contribution in [2.45, 2.75) is 346 Å². The molecule has 30 heteroatoms. The zero-order valence-electron chi connectivity index (χ0n) is 62.4. The summed E-state index contributed by atoms with van der Waals surface area (Å²) in [5.41, 5.74) is -7.98. The van der Waals surface area contributed by atoms with Crippen LogP contribution in [0.15, 0.2) is 0 Å². The molecule has 548 valence electrons. The van der Waals surface area contributed by atoms with Crippen LogP contribution in [-0.4, -0.2) is 236 Å². The molecule has 6 fully saturated rings. The van der Waals surface area contributed by atoms with E-state index in [1.165, 1.54) is 30.4 Å². The largest absolute Gasteiger partial charge is 0.461 e. The lowest BCUT2D eigenvalue weighted by Crippen LogP contribution is -2.61. The van der Waals surface area contributed by atoms with Gasteiger partial charge < -0.3 is 74.0 Å². The molecular weight excluding hydrogens is 1250 g/mol. The van der Waals surface area contributed by atoms with Crippen LogP contribution in [0.2, 0.25) is 0 Å². The van der Waals surface area contributed by atoms with Crippen molar-refractivity contribution in [2.24, 2.45) is 0 Å². The molecular formula is C67H116N16O14. The highest BCUT2D eigenvalue weighted by atomic mass is 16.6. The molecule has 6 saturated heterocycles. The SMILES string of the molecule is CC1(C)CC(Oc2nc(OCCN(CCOc3nc(OC4CC(C)(C)N(O)C(C)(C)C4)nc(OC4CC(C)(C)N(O)C(C)(C)C4)n3)c3nc(OC4CC(C)(C)N(O)C(C)(C)C4)nc(OC4CC(C)(C)N(O)C(C)(C)C4)n3)nc(OC3CC(C)(C)N(O)C(C)(C)C3)n2)CC(C)(C)N1O. The van der Waals surface area contributed by atoms with E-state index in [1.807, 2.05) is 166 Å². The van der Waals surface area contributed by atoms with Crippen molar-refractivity contribution in [1.82, 2.24) is 75.2 Å². The third kappa shape index (κ3) is 17.4. The van der Waals surface area contributed by atoms with E-state index in [9.17, 15) is 31.2 Å². The summed E-state index contributed by atoms with van der Waals surface area (Å²) in [6.45, 7) is 46.7. The highest BCUT2D eigenvalue weighted by molar-refractivity contribution is 5.33. The minimum Gasteiger partial charge on any atom is -0.461 e. The Labute approximate surface area is 573 Å². The van der Waals surface area contributed by atoms with Crippen molar-refractivity contribution in [2.75, 3.05) is 31.2 Å². The standard InChI is InChI=1S/C67H116N16O14/c1-56(2)29-41(30-57(3,4)78(56)84)92-50-68-47(69-51(74-50)93-42-31-58(5,6)79(85)59(7,8)32-42)77(25-27-90-48-70-52(94-43-33-60(9,10)80(86)61(11,12)34-43)75-53(71-48)95-44-35-62(13,14)81(87)63(15,16)36-44)26-28-91-49-72-54(96-45-37-64(17,18)82(88)65(19,20)38-45)76-55(73-49)97-46-39-66(21,22)83(89)67(23,24)40-46/h41-46,84-89H,25-40H2,1-24H3. The van der Waals surface area contributed by atoms with Crippen molar-refractivity contribution in [3.8, 4) is 48.1 Å². The molecule has 0 spiro atoms. The Bertz CT molecular complexity index is 2800. The van der Waals surface area contributed by atoms with Gasteiger partial charge in [-0.25, -0.2) is 0 Å². The Hall–Kier alpha value is -5.25. The minimum absolute atomic E-state index is 0.0245. The van der Waals surface area contributed by atoms with Crippen LogP contribution >= 0.6 is 0 Å². The number of piperidine rings is 6. The fraction of sp³-hybridized carbons (Fsp3) is 0.866. The summed E-state index contributed by atoms with van der Waals surface area (Å²) < 4.78 is 53.1. The molecule has 6 N–H and O–H groups in total. The fourth-order valence-corrected chi connectivity index (χ4v) is 16.8. The van der Waals surface area contributed by atoms with Crippen LogP contribution in [-0.2, 0) is 0 Å². The van der Waals surface area contributed by atoms with Gasteiger partial charge in [-0.15, -0.1) is 34.9 Å². The molecule has 0 radical (unpaired) electrons. The van der Waals surface area contributed by atoms with Crippen LogP contribution in [0.25, 0.3) is 0 Å². The molecule has 0 aromatic carbocycles. The van der Waals surface area contributed by atoms with Crippen molar-refractivity contribution >= 4 is 5.95 Å². The number of ether oxygens (including phenoxy) is 8. The molecule has 9 heterocycles. The number of nitrogens with zero attached hydrogens (tertiary/aromatic N) is 16. The molecule has 0 amide bonds. The summed E-state index contributed by atoms with van der Waals surface area (Å²) in [5.74, 6) is 0.123. The van der Waals surface area contributed by atoms with E-state index in [0.717, 1.165) is 0 Å². The zero-order chi connectivity index (χ0) is 72.0. The number of aromatic nitrogens is 9. The molecule has 0 aliphatic carbocycles. The number of hydrogen-bond donors (Lipinski definition) is 6. The number of anilines is 1. The van der Waals surface area contributed by atoms with Gasteiger partial charge in [-0.1, -0.05) is 0 Å². The van der Waals surface area contributed by atoms with Gasteiger partial charge in [0.2, 0.25) is 5.95 Å². The summed E-state index contributed by atoms with van der Waals surface area (Å²) in [7, 11) is 0. The maximum atomic E-state index is 11.3. The van der Waals surface area contributed by atoms with Crippen LogP contribution in [0.4, 0.5) is 5.95 Å². The molecule has 3 aromatic rings. The van der Waals surface area contributed by atoms with E-state index in [4.69, 9.17) is 82.8 Å². The first kappa shape index (κ1) is 75.9. The molecule has 6 aliphatic rings. The fourth-order valence-electron chi connectivity index (χ4n) is 16.8. The van der Waals surface area contributed by atoms with E-state index in [-0.39, 0.29) is 80.3 Å². The van der Waals surface area contributed by atoms with Gasteiger partial charge in [0.1, 0.15) is 49.8 Å². The van der Waals surface area contributed by atoms with Gasteiger partial charge in [-0.2, -0.15) is 40.3 Å². The second-order valence-corrected chi connectivity index (χ2v) is 35.8. The predicted molar refractivity (Wildman–Crippen MR) is 355 cm³/mol. The van der Waals surface area contributed by atoms with Gasteiger partial charge in [0.15, 0.2) is 0 Å². The van der Waals surface area contributed by atoms with E-state index >= 15 is 0 Å². The molecule has 9 rings (SSSR count). The molecule has 0 unspecified atom stereocenters. The second kappa shape index (κ2) is 26.6. The van der Waals surface area contributed by atoms with Crippen molar-refractivity contribution < 1.29 is 69.1 Å². The summed E-state index contributed by atoms with van der Waals surface area (Å²) >= 11 is 0. The Morgan fingerprint density at radius 3 is 0.567 bits per heavy atom. The third-order valence-corrected chi connectivity index (χ3v) is 20.4. The highest BCUT2D eigenvalue weighted by Crippen LogP contribution is 2.45. The normalized spacial score (nSPS) is 26.2. The molecule has 0 bridgehead atoms. The minimum atomic E-state index is -0.684. The average molecular weight is 1370 g/mol. The molecule has 97 heavy (non-hydrogen) atoms. The summed E-state index contributed by atoms with van der Waals surface area (Å²) in [6, 6.07) is -0.398. The zero-order valence-corrected chi connectivity index (χ0v) is 62.4. The Kier molecular flexibility index (Phi) is 20.8. The van der Waals surface area contributed by atoms with Crippen LogP contribution in [0.3, 0.4) is 0 Å². The number of rotatable bonds is 21. The van der Waals surface area contributed by atoms with E-state index in [0.29, 0.717) is 77.0 Å². The quantitative estimate of drug-likeness (QED) is 0.0577. The molecule has 0 saturated carbocycles. The van der Waals surface area contributed by atoms with Crippen LogP contribution in [0, 0.1) is 0 Å². The predicted octanol–water partition coefficient (Wildman–Crippen LogP) is 9.94. The summed E-state index contributed by atoms with van der Waals surface area (Å²) in [6.07, 6.45) is 2.70. The Balaban J connectivity index is 1.08. The first-order valence-corrected chi connectivity index (χ1v) is 34.5. The monoisotopic (exact) mass is 1370 g/mol. The van der Waals surface area contributed by atoms with E-state index in [2.05, 4.69) is 0 Å². The van der Waals surface area contributed by atoms with Crippen LogP contribution < -0.4 is 42.8 Å². The smallest absolute Gasteiger partial charge is 0.326 e. The topological polar surface area (TPSA) is 334 Å². The first-order valence-electron chi connectivity index (χ1n) is 34.5. The van der Waals surface area contributed by atoms with Gasteiger partial charge in [0, 0.05) is 144 Å². The van der Waals surface area contributed by atoms with Gasteiger partial charge in [-0.05, 0) is 166 Å². The number of hydroxylamine groups is 12. The molecule has 30 nitrogen and oxygen atoms in total. The first-order chi connectivity index (χ1) is 44.3. The maximum Gasteiger partial charge on any atom is 0.326 e. The molecule has 0 atom stereocenters. The van der Waals surface area contributed by atoms with Gasteiger partial charge in [0.05, 0.1) is 13.1 Å². The number of hydrogen-bond acceptors (Lipinski definition) is 30. The molecule has 3 aromatic heterocycles. The van der Waals surface area contributed by atoms with Crippen molar-refractivity contribution in [3.05, 3.63) is 0 Å². The Morgan fingerprint density at radius 1 is 0.258 bits per heavy atom. The lowest BCUT2D eigenvalue weighted by Gasteiger charge is -2.51. The maximum absolute atomic E-state index is 11.3. The van der Waals surface area contributed by atoms with Crippen molar-refractivity contribution in [3.63, 3.8) is 0 Å². The lowest BCUT2D eigenvalue weighted by atomic mass is 9.80. The molecule has 6 aliphatic heterocycles. The summed E-state index contributed by atoms with van der Waals surface area (Å²) in [4.78, 5) is 44.9. The Morgan fingerprint density at radius 2 is 0.402 bits per heavy atom. The second-order valence-electron chi connectivity index (χ2n) is 35.8. The van der Waals surface area contributed by atoms with Gasteiger partial charge in [-0.3, -0.25) is 0 Å². The van der Waals surface area contributed by atoms with Gasteiger partial charge in [0.25, 0.3) is 0 Å². The third-order valence-electron chi connectivity index (χ3n) is 20.4. The van der Waals surface area contributed by atoms with Gasteiger partial charge >= 0.3 is 48.1 Å². The van der Waals surface area contributed by atoms with Crippen LogP contribution in [0.1, 0.15) is 243 Å². The highest BCUT2D eigenvalue weighted by Gasteiger charge is 2.52. The summed E-state index contributed by atoms with van der Waals surface area (Å²) in [5, 5.41) is 75.8. The average Bonchev–Trinajstić information content (AvgIpc) is 0.802.